The molecule has 0 saturated carbocycles. The molecule has 0 radical (unpaired) electrons. The fourth-order valence-corrected chi connectivity index (χ4v) is 1.64. The molecule has 3 nitrogen and oxygen atoms in total. The molecule has 0 amide bonds. The van der Waals surface area contributed by atoms with Crippen LogP contribution in [0.4, 0.5) is 0 Å². The molecule has 0 saturated heterocycles. The van der Waals surface area contributed by atoms with Gasteiger partial charge in [-0.05, 0) is 6.42 Å². The molecule has 0 aliphatic heterocycles. The molecule has 0 fully saturated rings. The average Bonchev–Trinajstić information content (AvgIpc) is 2.34. The van der Waals surface area contributed by atoms with Crippen LogP contribution in [-0.2, 0) is 5.88 Å². The second-order valence-corrected chi connectivity index (χ2v) is 4.65. The molecule has 1 rings (SSSR count). The molecule has 1 aromatic heterocycles. The molecule has 96 valence electrons. The van der Waals surface area contributed by atoms with Crippen LogP contribution >= 0.6 is 11.6 Å². The van der Waals surface area contributed by atoms with Gasteiger partial charge in [0.25, 0.3) is 0 Å². The Hall–Kier alpha value is -0.830. The van der Waals surface area contributed by atoms with E-state index >= 15 is 0 Å². The number of aromatic nitrogens is 2. The van der Waals surface area contributed by atoms with Gasteiger partial charge < -0.3 is 4.74 Å². The number of unbranched alkanes of at least 4 members (excludes halogenated alkanes) is 2. The van der Waals surface area contributed by atoms with E-state index in [-0.39, 0.29) is 0 Å². The minimum absolute atomic E-state index is 0.311. The van der Waals surface area contributed by atoms with Gasteiger partial charge in [0.05, 0.1) is 18.7 Å². The predicted molar refractivity (Wildman–Crippen MR) is 70.7 cm³/mol. The lowest BCUT2D eigenvalue weighted by molar-refractivity contribution is 0.300. The lowest BCUT2D eigenvalue weighted by Crippen LogP contribution is -2.05. The van der Waals surface area contributed by atoms with E-state index in [2.05, 4.69) is 30.7 Å². The number of halogens is 1. The number of ether oxygens (including phenoxy) is 1. The second-order valence-electron chi connectivity index (χ2n) is 4.38. The maximum Gasteiger partial charge on any atom is 0.160 e. The van der Waals surface area contributed by atoms with Crippen molar-refractivity contribution in [3.05, 3.63) is 17.7 Å². The molecule has 17 heavy (non-hydrogen) atoms. The average molecular weight is 257 g/mol. The topological polar surface area (TPSA) is 35.0 Å². The first-order chi connectivity index (χ1) is 8.19. The van der Waals surface area contributed by atoms with Gasteiger partial charge in [0.15, 0.2) is 5.75 Å². The zero-order valence-electron chi connectivity index (χ0n) is 10.9. The summed E-state index contributed by atoms with van der Waals surface area (Å²) >= 11 is 5.88. The van der Waals surface area contributed by atoms with Gasteiger partial charge in [-0.25, -0.2) is 9.97 Å². The first-order valence-electron chi connectivity index (χ1n) is 6.23. The number of rotatable bonds is 7. The summed E-state index contributed by atoms with van der Waals surface area (Å²) in [6.45, 7) is 7.01. The molecule has 1 heterocycles. The monoisotopic (exact) mass is 256 g/mol. The SMILES string of the molecule is CCCCCOc1cnc(C(C)C)nc1CCl. The molecular weight excluding hydrogens is 236 g/mol. The minimum Gasteiger partial charge on any atom is -0.490 e. The Balaban J connectivity index is 2.65. The van der Waals surface area contributed by atoms with Crippen molar-refractivity contribution in [2.45, 2.75) is 51.8 Å². The van der Waals surface area contributed by atoms with E-state index in [1.54, 1.807) is 6.20 Å². The molecule has 1 aromatic rings. The van der Waals surface area contributed by atoms with Crippen molar-refractivity contribution >= 4 is 11.6 Å². The van der Waals surface area contributed by atoms with E-state index in [1.807, 2.05) is 0 Å². The van der Waals surface area contributed by atoms with Gasteiger partial charge in [-0.3, -0.25) is 0 Å². The quantitative estimate of drug-likeness (QED) is 0.548. The highest BCUT2D eigenvalue weighted by Crippen LogP contribution is 2.20. The number of nitrogens with zero attached hydrogens (tertiary/aromatic N) is 2. The van der Waals surface area contributed by atoms with Gasteiger partial charge in [0, 0.05) is 5.92 Å². The predicted octanol–water partition coefficient (Wildman–Crippen LogP) is 3.91. The van der Waals surface area contributed by atoms with Crippen LogP contribution in [0.2, 0.25) is 0 Å². The Bertz CT molecular complexity index is 342. The van der Waals surface area contributed by atoms with Crippen LogP contribution < -0.4 is 4.74 Å². The van der Waals surface area contributed by atoms with Gasteiger partial charge in [-0.2, -0.15) is 0 Å². The molecule has 0 N–H and O–H groups in total. The van der Waals surface area contributed by atoms with Crippen LogP contribution in [0, 0.1) is 0 Å². The lowest BCUT2D eigenvalue weighted by atomic mass is 10.2. The third-order valence-electron chi connectivity index (χ3n) is 2.50. The highest BCUT2D eigenvalue weighted by Gasteiger charge is 2.09. The molecule has 0 atom stereocenters. The van der Waals surface area contributed by atoms with Crippen LogP contribution in [0.3, 0.4) is 0 Å². The first kappa shape index (κ1) is 14.2. The van der Waals surface area contributed by atoms with Crippen molar-refractivity contribution in [1.29, 1.82) is 0 Å². The standard InChI is InChI=1S/C13H21ClN2O/c1-4-5-6-7-17-12-9-15-13(10(2)3)16-11(12)8-14/h9-10H,4-8H2,1-3H3. The van der Waals surface area contributed by atoms with Gasteiger partial charge in [-0.15, -0.1) is 11.6 Å². The summed E-state index contributed by atoms with van der Waals surface area (Å²) in [4.78, 5) is 8.71. The van der Waals surface area contributed by atoms with Gasteiger partial charge in [-0.1, -0.05) is 33.6 Å². The summed E-state index contributed by atoms with van der Waals surface area (Å²) in [5, 5.41) is 0. The third kappa shape index (κ3) is 4.50. The maximum absolute atomic E-state index is 5.88. The van der Waals surface area contributed by atoms with E-state index in [4.69, 9.17) is 16.3 Å². The van der Waals surface area contributed by atoms with Crippen molar-refractivity contribution in [3.8, 4) is 5.75 Å². The highest BCUT2D eigenvalue weighted by molar-refractivity contribution is 6.17. The molecule has 0 aromatic carbocycles. The smallest absolute Gasteiger partial charge is 0.160 e. The zero-order chi connectivity index (χ0) is 12.7. The third-order valence-corrected chi connectivity index (χ3v) is 2.75. The van der Waals surface area contributed by atoms with Crippen LogP contribution in [-0.4, -0.2) is 16.6 Å². The summed E-state index contributed by atoms with van der Waals surface area (Å²) in [5.41, 5.74) is 0.793. The van der Waals surface area contributed by atoms with Crippen molar-refractivity contribution in [2.75, 3.05) is 6.61 Å². The van der Waals surface area contributed by atoms with Crippen LogP contribution in [0.15, 0.2) is 6.20 Å². The maximum atomic E-state index is 5.88. The molecule has 0 aliphatic rings. The minimum atomic E-state index is 0.311. The van der Waals surface area contributed by atoms with E-state index < -0.39 is 0 Å². The lowest BCUT2D eigenvalue weighted by Gasteiger charge is -2.11. The summed E-state index contributed by atoms with van der Waals surface area (Å²) in [5.74, 6) is 2.22. The summed E-state index contributed by atoms with van der Waals surface area (Å²) in [6.07, 6.45) is 5.17. The van der Waals surface area contributed by atoms with Crippen LogP contribution in [0.1, 0.15) is 57.5 Å². The van der Waals surface area contributed by atoms with Gasteiger partial charge in [0.2, 0.25) is 0 Å². The van der Waals surface area contributed by atoms with E-state index in [0.717, 1.165) is 23.7 Å². The fourth-order valence-electron chi connectivity index (χ4n) is 1.45. The van der Waals surface area contributed by atoms with Crippen molar-refractivity contribution < 1.29 is 4.74 Å². The number of hydrogen-bond acceptors (Lipinski definition) is 3. The number of alkyl halides is 1. The molecule has 4 heteroatoms. The first-order valence-corrected chi connectivity index (χ1v) is 6.77. The Morgan fingerprint density at radius 2 is 2.12 bits per heavy atom. The summed E-state index contributed by atoms with van der Waals surface area (Å²) in [6, 6.07) is 0. The zero-order valence-corrected chi connectivity index (χ0v) is 11.6. The van der Waals surface area contributed by atoms with Crippen molar-refractivity contribution in [1.82, 2.24) is 9.97 Å². The summed E-state index contributed by atoms with van der Waals surface area (Å²) < 4.78 is 5.66. The highest BCUT2D eigenvalue weighted by atomic mass is 35.5. The fraction of sp³-hybridized carbons (Fsp3) is 0.692. The Morgan fingerprint density at radius 3 is 2.71 bits per heavy atom. The van der Waals surface area contributed by atoms with Crippen LogP contribution in [0.5, 0.6) is 5.75 Å². The normalized spacial score (nSPS) is 10.9. The van der Waals surface area contributed by atoms with E-state index in [9.17, 15) is 0 Å². The molecule has 0 spiro atoms. The largest absolute Gasteiger partial charge is 0.490 e. The molecule has 0 unspecified atom stereocenters. The molecule has 0 aliphatic carbocycles. The second kappa shape index (κ2) is 7.49. The van der Waals surface area contributed by atoms with Crippen molar-refractivity contribution in [2.24, 2.45) is 0 Å². The van der Waals surface area contributed by atoms with E-state index in [0.29, 0.717) is 18.4 Å². The Labute approximate surface area is 109 Å². The number of hydrogen-bond donors (Lipinski definition) is 0. The Kier molecular flexibility index (Phi) is 6.27. The summed E-state index contributed by atoms with van der Waals surface area (Å²) in [7, 11) is 0. The molecular formula is C13H21ClN2O. The Morgan fingerprint density at radius 1 is 1.35 bits per heavy atom. The van der Waals surface area contributed by atoms with Crippen LogP contribution in [0.25, 0.3) is 0 Å². The molecule has 0 bridgehead atoms. The van der Waals surface area contributed by atoms with Gasteiger partial charge >= 0.3 is 0 Å². The van der Waals surface area contributed by atoms with E-state index in [1.165, 1.54) is 12.8 Å². The van der Waals surface area contributed by atoms with Crippen molar-refractivity contribution in [3.63, 3.8) is 0 Å². The van der Waals surface area contributed by atoms with Gasteiger partial charge in [0.1, 0.15) is 11.5 Å².